The second-order valence-electron chi connectivity index (χ2n) is 3.53. The lowest BCUT2D eigenvalue weighted by Crippen LogP contribution is -2.18. The van der Waals surface area contributed by atoms with Crippen molar-refractivity contribution in [3.8, 4) is 0 Å². The van der Waals surface area contributed by atoms with E-state index in [1.54, 1.807) is 0 Å². The summed E-state index contributed by atoms with van der Waals surface area (Å²) in [5.74, 6) is 1.17. The molecule has 1 unspecified atom stereocenters. The molecule has 56 valence electrons. The van der Waals surface area contributed by atoms with Gasteiger partial charge in [-0.25, -0.2) is 0 Å². The molecule has 0 heterocycles. The molecule has 0 amide bonds. The Hall–Kier alpha value is -0.300. The number of aliphatic hydroxyl groups excluding tert-OH is 1. The molecule has 1 N–H and O–H groups in total. The zero-order valence-corrected chi connectivity index (χ0v) is 6.16. The Labute approximate surface area is 61.8 Å². The zero-order valence-electron chi connectivity index (χ0n) is 6.16. The Kier molecular flexibility index (Phi) is 1.53. The molecule has 0 aromatic rings. The highest BCUT2D eigenvalue weighted by Crippen LogP contribution is 2.37. The summed E-state index contributed by atoms with van der Waals surface area (Å²) >= 11 is 0. The normalized spacial score (nSPS) is 45.5. The summed E-state index contributed by atoms with van der Waals surface area (Å²) in [6, 6.07) is 0. The first-order valence-corrected chi connectivity index (χ1v) is 4.21. The fourth-order valence-electron chi connectivity index (χ4n) is 2.21. The average molecular weight is 138 g/mol. The maximum atomic E-state index is 9.65. The van der Waals surface area contributed by atoms with Crippen LogP contribution in [0, 0.1) is 11.8 Å². The molecular weight excluding hydrogens is 124 g/mol. The van der Waals surface area contributed by atoms with Gasteiger partial charge in [-0.05, 0) is 37.5 Å². The molecule has 1 nitrogen and oxygen atoms in total. The first-order valence-electron chi connectivity index (χ1n) is 4.21. The van der Waals surface area contributed by atoms with E-state index in [1.165, 1.54) is 12.8 Å². The van der Waals surface area contributed by atoms with E-state index in [9.17, 15) is 5.11 Å². The molecular formula is C9H14O. The van der Waals surface area contributed by atoms with Gasteiger partial charge in [0.25, 0.3) is 0 Å². The standard InChI is InChI=1S/C9H14O/c10-9-7-3-1-2-4-8(9)6-5-7/h1-2,7-10H,3-6H2/t7-,8+,9?. The van der Waals surface area contributed by atoms with Gasteiger partial charge < -0.3 is 5.11 Å². The molecule has 1 saturated carbocycles. The highest BCUT2D eigenvalue weighted by Gasteiger charge is 2.33. The number of hydrogen-bond donors (Lipinski definition) is 1. The Morgan fingerprint density at radius 3 is 2.00 bits per heavy atom. The van der Waals surface area contributed by atoms with E-state index in [1.807, 2.05) is 0 Å². The van der Waals surface area contributed by atoms with Crippen LogP contribution in [0.15, 0.2) is 12.2 Å². The van der Waals surface area contributed by atoms with E-state index >= 15 is 0 Å². The maximum Gasteiger partial charge on any atom is 0.0602 e. The molecule has 0 radical (unpaired) electrons. The van der Waals surface area contributed by atoms with Crippen molar-refractivity contribution >= 4 is 0 Å². The molecule has 0 saturated heterocycles. The van der Waals surface area contributed by atoms with Crippen LogP contribution in [0.3, 0.4) is 0 Å². The smallest absolute Gasteiger partial charge is 0.0602 e. The van der Waals surface area contributed by atoms with Gasteiger partial charge in [-0.3, -0.25) is 0 Å². The SMILES string of the molecule is OC1[C@@H]2CC=CC[C@H]1CC2. The molecule has 2 aliphatic carbocycles. The van der Waals surface area contributed by atoms with E-state index < -0.39 is 0 Å². The van der Waals surface area contributed by atoms with Gasteiger partial charge in [0.15, 0.2) is 0 Å². The van der Waals surface area contributed by atoms with Crippen molar-refractivity contribution in [2.45, 2.75) is 31.8 Å². The quantitative estimate of drug-likeness (QED) is 0.505. The summed E-state index contributed by atoms with van der Waals surface area (Å²) in [6.45, 7) is 0. The van der Waals surface area contributed by atoms with E-state index in [4.69, 9.17) is 0 Å². The van der Waals surface area contributed by atoms with Gasteiger partial charge in [0.05, 0.1) is 6.10 Å². The van der Waals surface area contributed by atoms with Gasteiger partial charge in [0.1, 0.15) is 0 Å². The molecule has 1 fully saturated rings. The van der Waals surface area contributed by atoms with Crippen molar-refractivity contribution < 1.29 is 5.11 Å². The summed E-state index contributed by atoms with van der Waals surface area (Å²) in [5.41, 5.74) is 0. The van der Waals surface area contributed by atoms with Crippen LogP contribution in [0.5, 0.6) is 0 Å². The molecule has 10 heavy (non-hydrogen) atoms. The van der Waals surface area contributed by atoms with Gasteiger partial charge in [-0.1, -0.05) is 12.2 Å². The third kappa shape index (κ3) is 0.891. The largest absolute Gasteiger partial charge is 0.393 e. The van der Waals surface area contributed by atoms with E-state index in [0.717, 1.165) is 12.8 Å². The van der Waals surface area contributed by atoms with Crippen LogP contribution in [-0.4, -0.2) is 11.2 Å². The summed E-state index contributed by atoms with van der Waals surface area (Å²) in [7, 11) is 0. The number of hydrogen-bond acceptors (Lipinski definition) is 1. The lowest BCUT2D eigenvalue weighted by molar-refractivity contribution is 0.0959. The molecule has 2 bridgehead atoms. The van der Waals surface area contributed by atoms with E-state index in [2.05, 4.69) is 12.2 Å². The topological polar surface area (TPSA) is 20.2 Å². The summed E-state index contributed by atoms with van der Waals surface area (Å²) in [4.78, 5) is 0. The van der Waals surface area contributed by atoms with Crippen molar-refractivity contribution in [1.82, 2.24) is 0 Å². The molecule has 0 aliphatic heterocycles. The fourth-order valence-corrected chi connectivity index (χ4v) is 2.21. The van der Waals surface area contributed by atoms with Crippen LogP contribution in [0.2, 0.25) is 0 Å². The van der Waals surface area contributed by atoms with E-state index in [-0.39, 0.29) is 6.10 Å². The van der Waals surface area contributed by atoms with Crippen molar-refractivity contribution in [3.05, 3.63) is 12.2 Å². The predicted octanol–water partition coefficient (Wildman–Crippen LogP) is 1.72. The Bertz CT molecular complexity index is 135. The number of fused-ring (bicyclic) bond motifs is 2. The minimum Gasteiger partial charge on any atom is -0.393 e. The Morgan fingerprint density at radius 1 is 1.00 bits per heavy atom. The van der Waals surface area contributed by atoms with Crippen molar-refractivity contribution in [3.63, 3.8) is 0 Å². The molecule has 3 atom stereocenters. The van der Waals surface area contributed by atoms with Gasteiger partial charge in [-0.2, -0.15) is 0 Å². The second kappa shape index (κ2) is 2.39. The Morgan fingerprint density at radius 2 is 1.50 bits per heavy atom. The van der Waals surface area contributed by atoms with Crippen molar-refractivity contribution in [2.24, 2.45) is 11.8 Å². The predicted molar refractivity (Wildman–Crippen MR) is 40.6 cm³/mol. The number of rotatable bonds is 0. The highest BCUT2D eigenvalue weighted by atomic mass is 16.3. The van der Waals surface area contributed by atoms with Crippen LogP contribution >= 0.6 is 0 Å². The van der Waals surface area contributed by atoms with Crippen LogP contribution in [0.25, 0.3) is 0 Å². The molecule has 0 spiro atoms. The first kappa shape index (κ1) is 6.41. The summed E-state index contributed by atoms with van der Waals surface area (Å²) < 4.78 is 0. The molecule has 1 heteroatoms. The maximum absolute atomic E-state index is 9.65. The van der Waals surface area contributed by atoms with Gasteiger partial charge in [0, 0.05) is 0 Å². The minimum absolute atomic E-state index is 0.00926. The molecule has 0 aromatic heterocycles. The number of aliphatic hydroxyl groups is 1. The zero-order chi connectivity index (χ0) is 6.97. The van der Waals surface area contributed by atoms with Crippen LogP contribution in [0.4, 0.5) is 0 Å². The summed E-state index contributed by atoms with van der Waals surface area (Å²) in [5, 5.41) is 9.65. The lowest BCUT2D eigenvalue weighted by atomic mass is 9.99. The van der Waals surface area contributed by atoms with Crippen molar-refractivity contribution in [2.75, 3.05) is 0 Å². The molecule has 0 aromatic carbocycles. The van der Waals surface area contributed by atoms with Crippen LogP contribution in [0.1, 0.15) is 25.7 Å². The minimum atomic E-state index is 0.00926. The number of allylic oxidation sites excluding steroid dienone is 2. The monoisotopic (exact) mass is 138 g/mol. The average Bonchev–Trinajstić information content (AvgIpc) is 2.06. The third-order valence-corrected chi connectivity index (χ3v) is 2.92. The fraction of sp³-hybridized carbons (Fsp3) is 0.778. The van der Waals surface area contributed by atoms with Gasteiger partial charge in [0.2, 0.25) is 0 Å². The molecule has 2 rings (SSSR count). The third-order valence-electron chi connectivity index (χ3n) is 2.92. The summed E-state index contributed by atoms with van der Waals surface area (Å²) in [6.07, 6.45) is 9.18. The van der Waals surface area contributed by atoms with E-state index in [0.29, 0.717) is 11.8 Å². The van der Waals surface area contributed by atoms with Gasteiger partial charge in [-0.15, -0.1) is 0 Å². The first-order chi connectivity index (χ1) is 4.88. The van der Waals surface area contributed by atoms with Crippen LogP contribution in [-0.2, 0) is 0 Å². The van der Waals surface area contributed by atoms with Gasteiger partial charge >= 0.3 is 0 Å². The second-order valence-corrected chi connectivity index (χ2v) is 3.53. The lowest BCUT2D eigenvalue weighted by Gasteiger charge is -2.14. The van der Waals surface area contributed by atoms with Crippen LogP contribution < -0.4 is 0 Å². The Balaban J connectivity index is 2.15. The molecule has 2 aliphatic rings. The van der Waals surface area contributed by atoms with Crippen molar-refractivity contribution in [1.29, 1.82) is 0 Å². The highest BCUT2D eigenvalue weighted by molar-refractivity contribution is 4.98.